The molecule has 0 radical (unpaired) electrons. The quantitative estimate of drug-likeness (QED) is 0.321. The first-order valence-electron chi connectivity index (χ1n) is 12.7. The predicted molar refractivity (Wildman–Crippen MR) is 143 cm³/mol. The fourth-order valence-corrected chi connectivity index (χ4v) is 6.76. The lowest BCUT2D eigenvalue weighted by Gasteiger charge is -2.45. The summed E-state index contributed by atoms with van der Waals surface area (Å²) in [6.45, 7) is 0.0917. The third-order valence-electron chi connectivity index (χ3n) is 8.17. The zero-order valence-electron chi connectivity index (χ0n) is 20.3. The Labute approximate surface area is 225 Å². The summed E-state index contributed by atoms with van der Waals surface area (Å²) >= 11 is 6.07. The monoisotopic (exact) mass is 518 g/mol. The van der Waals surface area contributed by atoms with Crippen LogP contribution in [0.15, 0.2) is 103 Å². The van der Waals surface area contributed by atoms with Crippen molar-refractivity contribution < 1.29 is 14.4 Å². The van der Waals surface area contributed by atoms with Crippen LogP contribution in [0.25, 0.3) is 0 Å². The van der Waals surface area contributed by atoms with E-state index in [1.807, 2.05) is 54.6 Å². The third kappa shape index (κ3) is 3.28. The molecule has 1 fully saturated rings. The number of nitrogens with zero attached hydrogens (tertiary/aromatic N) is 2. The first kappa shape index (κ1) is 22.9. The van der Waals surface area contributed by atoms with Crippen LogP contribution in [0, 0.1) is 11.8 Å². The number of rotatable bonds is 4. The molecule has 3 aliphatic carbocycles. The highest BCUT2D eigenvalue weighted by atomic mass is 35.5. The molecule has 3 amide bonds. The zero-order valence-corrected chi connectivity index (χ0v) is 21.1. The molecule has 4 aromatic carbocycles. The minimum atomic E-state index is -0.561. The number of carbonyl (C=O) groups excluding carboxylic acids is 3. The van der Waals surface area contributed by atoms with Crippen LogP contribution in [0.3, 0.4) is 0 Å². The number of hydrogen-bond acceptors (Lipinski definition) is 3. The molecule has 2 atom stereocenters. The van der Waals surface area contributed by atoms with Gasteiger partial charge in [0.15, 0.2) is 0 Å². The first-order chi connectivity index (χ1) is 18.5. The van der Waals surface area contributed by atoms with Crippen molar-refractivity contribution in [1.29, 1.82) is 0 Å². The number of halogens is 1. The van der Waals surface area contributed by atoms with Crippen molar-refractivity contribution in [2.24, 2.45) is 11.8 Å². The van der Waals surface area contributed by atoms with Gasteiger partial charge in [-0.2, -0.15) is 5.01 Å². The summed E-state index contributed by atoms with van der Waals surface area (Å²) in [5.74, 6) is -2.66. The minimum Gasteiger partial charge on any atom is -0.272 e. The lowest BCUT2D eigenvalue weighted by Crippen LogP contribution is -2.50. The maximum atomic E-state index is 14.3. The molecule has 0 aromatic heterocycles. The third-order valence-corrected chi connectivity index (χ3v) is 8.42. The van der Waals surface area contributed by atoms with Gasteiger partial charge in [0.05, 0.1) is 18.4 Å². The Morgan fingerprint density at radius 2 is 1.11 bits per heavy atom. The highest BCUT2D eigenvalue weighted by Crippen LogP contribution is 2.61. The van der Waals surface area contributed by atoms with Gasteiger partial charge in [0, 0.05) is 22.4 Å². The average molecular weight is 519 g/mol. The van der Waals surface area contributed by atoms with E-state index in [0.29, 0.717) is 10.6 Å². The molecule has 38 heavy (non-hydrogen) atoms. The topological polar surface area (TPSA) is 57.7 Å². The van der Waals surface area contributed by atoms with Gasteiger partial charge in [0.2, 0.25) is 0 Å². The highest BCUT2D eigenvalue weighted by Gasteiger charge is 2.63. The first-order valence-corrected chi connectivity index (χ1v) is 13.1. The number of carbonyl (C=O) groups is 3. The summed E-state index contributed by atoms with van der Waals surface area (Å²) in [4.78, 5) is 42.4. The Morgan fingerprint density at radius 1 is 0.658 bits per heavy atom. The van der Waals surface area contributed by atoms with Crippen molar-refractivity contribution in [3.63, 3.8) is 0 Å². The maximum Gasteiger partial charge on any atom is 0.273 e. The van der Waals surface area contributed by atoms with Gasteiger partial charge in [-0.1, -0.05) is 90.5 Å². The number of hydrogen-bond donors (Lipinski definition) is 0. The van der Waals surface area contributed by atoms with E-state index in [9.17, 15) is 14.4 Å². The van der Waals surface area contributed by atoms with E-state index < -0.39 is 17.7 Å². The smallest absolute Gasteiger partial charge is 0.272 e. The van der Waals surface area contributed by atoms with Crippen LogP contribution >= 0.6 is 11.6 Å². The molecule has 186 valence electrons. The second kappa shape index (κ2) is 8.67. The SMILES string of the molecule is O=C(c1ccc(Cl)cc1)N(Cc1ccccc1)N1C(=O)[C@@H]2C3c4ccccc4C(c4ccccc43)[C@@H]2C1=O. The highest BCUT2D eigenvalue weighted by molar-refractivity contribution is 6.30. The fraction of sp³-hybridized carbons (Fsp3) is 0.156. The van der Waals surface area contributed by atoms with Gasteiger partial charge in [-0.05, 0) is 52.1 Å². The molecule has 1 aliphatic heterocycles. The Balaban J connectivity index is 1.35. The van der Waals surface area contributed by atoms with Crippen molar-refractivity contribution in [2.45, 2.75) is 18.4 Å². The van der Waals surface area contributed by atoms with Crippen molar-refractivity contribution in [1.82, 2.24) is 10.0 Å². The molecule has 2 bridgehead atoms. The molecule has 0 spiro atoms. The van der Waals surface area contributed by atoms with Gasteiger partial charge in [-0.25, -0.2) is 5.01 Å². The molecular weight excluding hydrogens is 496 g/mol. The van der Waals surface area contributed by atoms with Gasteiger partial charge in [-0.3, -0.25) is 14.4 Å². The number of benzene rings is 4. The van der Waals surface area contributed by atoms with E-state index in [2.05, 4.69) is 24.3 Å². The van der Waals surface area contributed by atoms with Crippen molar-refractivity contribution in [3.8, 4) is 0 Å². The molecule has 8 rings (SSSR count). The summed E-state index contributed by atoms with van der Waals surface area (Å²) in [5, 5.41) is 2.95. The van der Waals surface area contributed by atoms with Gasteiger partial charge in [-0.15, -0.1) is 0 Å². The fourth-order valence-electron chi connectivity index (χ4n) is 6.63. The largest absolute Gasteiger partial charge is 0.273 e. The Hall–Kier alpha value is -4.22. The van der Waals surface area contributed by atoms with E-state index in [4.69, 9.17) is 11.6 Å². The van der Waals surface area contributed by atoms with E-state index in [1.54, 1.807) is 24.3 Å². The number of hydrazine groups is 1. The van der Waals surface area contributed by atoms with Crippen LogP contribution in [-0.2, 0) is 16.1 Å². The van der Waals surface area contributed by atoms with E-state index in [-0.39, 0.29) is 30.2 Å². The van der Waals surface area contributed by atoms with Gasteiger partial charge >= 0.3 is 0 Å². The predicted octanol–water partition coefficient (Wildman–Crippen LogP) is 5.79. The molecule has 0 saturated carbocycles. The van der Waals surface area contributed by atoms with Crippen molar-refractivity contribution in [2.75, 3.05) is 0 Å². The maximum absolute atomic E-state index is 14.3. The summed E-state index contributed by atoms with van der Waals surface area (Å²) < 4.78 is 0. The standard InChI is InChI=1S/C32H23ClN2O3/c33-21-16-14-20(15-17-21)30(36)34(18-19-8-2-1-3-9-19)35-31(37)28-26-22-10-4-5-11-23(22)27(29(28)32(35)38)25-13-7-6-12-24(25)26/h1-17,26-29H,18H2/t26?,27?,28-,29+. The zero-order chi connectivity index (χ0) is 26.0. The van der Waals surface area contributed by atoms with Gasteiger partial charge < -0.3 is 0 Å². The molecule has 0 unspecified atom stereocenters. The summed E-state index contributed by atoms with van der Waals surface area (Å²) in [6, 6.07) is 32.2. The minimum absolute atomic E-state index is 0.0917. The van der Waals surface area contributed by atoms with Crippen LogP contribution < -0.4 is 0 Å². The van der Waals surface area contributed by atoms with Crippen LogP contribution in [0.1, 0.15) is 50.0 Å². The van der Waals surface area contributed by atoms with E-state index >= 15 is 0 Å². The van der Waals surface area contributed by atoms with Gasteiger partial charge in [0.25, 0.3) is 17.7 Å². The van der Waals surface area contributed by atoms with E-state index in [1.165, 1.54) is 5.01 Å². The summed E-state index contributed by atoms with van der Waals surface area (Å²) in [5.41, 5.74) is 5.56. The molecule has 4 aliphatic rings. The average Bonchev–Trinajstić information content (AvgIpc) is 3.22. The molecule has 1 saturated heterocycles. The second-order valence-corrected chi connectivity index (χ2v) is 10.5. The summed E-state index contributed by atoms with van der Waals surface area (Å²) in [6.07, 6.45) is 0. The summed E-state index contributed by atoms with van der Waals surface area (Å²) in [7, 11) is 0. The van der Waals surface area contributed by atoms with Crippen LogP contribution in [0.2, 0.25) is 5.02 Å². The molecule has 0 N–H and O–H groups in total. The number of imide groups is 1. The van der Waals surface area contributed by atoms with Crippen molar-refractivity contribution in [3.05, 3.63) is 142 Å². The lowest BCUT2D eigenvalue weighted by atomic mass is 9.55. The van der Waals surface area contributed by atoms with E-state index in [0.717, 1.165) is 32.8 Å². The van der Waals surface area contributed by atoms with Crippen LogP contribution in [0.5, 0.6) is 0 Å². The van der Waals surface area contributed by atoms with Gasteiger partial charge in [0.1, 0.15) is 0 Å². The molecule has 6 heteroatoms. The second-order valence-electron chi connectivity index (χ2n) is 10.1. The molecule has 5 nitrogen and oxygen atoms in total. The van der Waals surface area contributed by atoms with Crippen LogP contribution in [0.4, 0.5) is 0 Å². The van der Waals surface area contributed by atoms with Crippen LogP contribution in [-0.4, -0.2) is 27.7 Å². The molecule has 4 aromatic rings. The van der Waals surface area contributed by atoms with Crippen molar-refractivity contribution >= 4 is 29.3 Å². The lowest BCUT2D eigenvalue weighted by molar-refractivity contribution is -0.155. The Morgan fingerprint density at radius 3 is 1.58 bits per heavy atom. The molecule has 1 heterocycles. The Bertz CT molecular complexity index is 1490. The molecular formula is C32H23ClN2O3. The number of amides is 3. The normalized spacial score (nSPS) is 22.6. The Kier molecular flexibility index (Phi) is 5.24.